The van der Waals surface area contributed by atoms with Gasteiger partial charge in [0.15, 0.2) is 0 Å². The number of H-pyrrole nitrogens is 1. The molecule has 2 fully saturated rings. The first-order valence-corrected chi connectivity index (χ1v) is 9.81. The van der Waals surface area contributed by atoms with E-state index < -0.39 is 0 Å². The van der Waals surface area contributed by atoms with Crippen LogP contribution < -0.4 is 0 Å². The molecule has 2 aromatic heterocycles. The summed E-state index contributed by atoms with van der Waals surface area (Å²) in [6, 6.07) is 4.76. The van der Waals surface area contributed by atoms with Crippen LogP contribution in [-0.4, -0.2) is 58.1 Å². The molecule has 0 atom stereocenters. The van der Waals surface area contributed by atoms with Gasteiger partial charge in [0, 0.05) is 32.2 Å². The topological polar surface area (TPSA) is 52.2 Å². The van der Waals surface area contributed by atoms with Crippen molar-refractivity contribution in [1.82, 2.24) is 20.0 Å². The Morgan fingerprint density at radius 1 is 1.17 bits per heavy atom. The Morgan fingerprint density at radius 3 is 2.67 bits per heavy atom. The number of carbonyl (C=O) groups excluding carboxylic acids is 1. The van der Waals surface area contributed by atoms with E-state index in [0.717, 1.165) is 42.8 Å². The molecule has 0 bridgehead atoms. The van der Waals surface area contributed by atoms with E-state index in [2.05, 4.69) is 15.1 Å². The van der Waals surface area contributed by atoms with Crippen LogP contribution in [-0.2, 0) is 0 Å². The summed E-state index contributed by atoms with van der Waals surface area (Å²) < 4.78 is 0. The van der Waals surface area contributed by atoms with Gasteiger partial charge in [-0.05, 0) is 24.3 Å². The summed E-state index contributed by atoms with van der Waals surface area (Å²) in [7, 11) is 0. The normalized spacial score (nSPS) is 20.4. The van der Waals surface area contributed by atoms with E-state index in [-0.39, 0.29) is 5.91 Å². The lowest BCUT2D eigenvalue weighted by Gasteiger charge is -2.40. The Hall–Kier alpha value is -1.66. The zero-order valence-corrected chi connectivity index (χ0v) is 14.7. The van der Waals surface area contributed by atoms with Crippen molar-refractivity contribution in [2.75, 3.05) is 26.2 Å². The van der Waals surface area contributed by atoms with Crippen LogP contribution >= 0.6 is 11.3 Å². The molecule has 1 saturated heterocycles. The SMILES string of the molecule is O=C(c1cn[nH]c1-c1cccs1)N1CCN(C2CCCCC2)CC1. The summed E-state index contributed by atoms with van der Waals surface area (Å²) in [5.74, 6) is 0.107. The van der Waals surface area contributed by atoms with Gasteiger partial charge in [0.05, 0.1) is 22.3 Å². The summed E-state index contributed by atoms with van der Waals surface area (Å²) >= 11 is 1.63. The van der Waals surface area contributed by atoms with Crippen molar-refractivity contribution in [2.24, 2.45) is 0 Å². The molecule has 4 rings (SSSR count). The first-order valence-electron chi connectivity index (χ1n) is 8.93. The highest BCUT2D eigenvalue weighted by Gasteiger charge is 2.29. The number of piperazine rings is 1. The molecule has 1 amide bonds. The lowest BCUT2D eigenvalue weighted by Crippen LogP contribution is -2.52. The van der Waals surface area contributed by atoms with Gasteiger partial charge in [0.25, 0.3) is 5.91 Å². The van der Waals surface area contributed by atoms with Crippen molar-refractivity contribution < 1.29 is 4.79 Å². The van der Waals surface area contributed by atoms with Gasteiger partial charge in [0.1, 0.15) is 0 Å². The Bertz CT molecular complexity index is 667. The molecular formula is C18H24N4OS. The van der Waals surface area contributed by atoms with E-state index in [4.69, 9.17) is 0 Å². The quantitative estimate of drug-likeness (QED) is 0.930. The van der Waals surface area contributed by atoms with Crippen molar-refractivity contribution >= 4 is 17.2 Å². The Morgan fingerprint density at radius 2 is 1.96 bits per heavy atom. The maximum Gasteiger partial charge on any atom is 0.257 e. The molecular weight excluding hydrogens is 320 g/mol. The summed E-state index contributed by atoms with van der Waals surface area (Å²) in [5.41, 5.74) is 1.55. The second kappa shape index (κ2) is 7.07. The number of hydrogen-bond donors (Lipinski definition) is 1. The molecule has 0 spiro atoms. The molecule has 1 saturated carbocycles. The smallest absolute Gasteiger partial charge is 0.257 e. The highest BCUT2D eigenvalue weighted by atomic mass is 32.1. The summed E-state index contributed by atoms with van der Waals surface area (Å²) in [4.78, 5) is 18.6. The van der Waals surface area contributed by atoms with E-state index in [1.165, 1.54) is 32.1 Å². The van der Waals surface area contributed by atoms with Crippen LogP contribution in [0.25, 0.3) is 10.6 Å². The number of nitrogens with one attached hydrogen (secondary N) is 1. The number of nitrogens with zero attached hydrogens (tertiary/aromatic N) is 3. The molecule has 6 heteroatoms. The maximum absolute atomic E-state index is 12.9. The molecule has 24 heavy (non-hydrogen) atoms. The number of thiophene rings is 1. The fraction of sp³-hybridized carbons (Fsp3) is 0.556. The second-order valence-corrected chi connectivity index (χ2v) is 7.70. The largest absolute Gasteiger partial charge is 0.336 e. The summed E-state index contributed by atoms with van der Waals surface area (Å²) in [6.45, 7) is 3.65. The Balaban J connectivity index is 1.41. The first kappa shape index (κ1) is 15.8. The third-order valence-corrected chi connectivity index (χ3v) is 6.22. The molecule has 0 aromatic carbocycles. The minimum absolute atomic E-state index is 0.107. The molecule has 0 unspecified atom stereocenters. The van der Waals surface area contributed by atoms with Gasteiger partial charge in [-0.2, -0.15) is 5.10 Å². The lowest BCUT2D eigenvalue weighted by molar-refractivity contribution is 0.0524. The van der Waals surface area contributed by atoms with Gasteiger partial charge in [-0.1, -0.05) is 25.3 Å². The van der Waals surface area contributed by atoms with Crippen LogP contribution in [0.2, 0.25) is 0 Å². The van der Waals surface area contributed by atoms with Crippen LogP contribution in [0, 0.1) is 0 Å². The fourth-order valence-corrected chi connectivity index (χ4v) is 4.70. The van der Waals surface area contributed by atoms with Gasteiger partial charge in [-0.15, -0.1) is 11.3 Å². The minimum Gasteiger partial charge on any atom is -0.336 e. The van der Waals surface area contributed by atoms with Gasteiger partial charge in [-0.25, -0.2) is 0 Å². The minimum atomic E-state index is 0.107. The standard InChI is InChI=1S/C18H24N4OS/c23-18(15-13-19-20-17(15)16-7-4-12-24-16)22-10-8-21(9-11-22)14-5-2-1-3-6-14/h4,7,12-14H,1-3,5-6,8-11H2,(H,19,20). The van der Waals surface area contributed by atoms with E-state index in [9.17, 15) is 4.79 Å². The zero-order chi connectivity index (χ0) is 16.4. The number of carbonyl (C=O) groups is 1. The number of aromatic amines is 1. The van der Waals surface area contributed by atoms with Crippen LogP contribution in [0.5, 0.6) is 0 Å². The van der Waals surface area contributed by atoms with Crippen molar-refractivity contribution in [3.8, 4) is 10.6 Å². The zero-order valence-electron chi connectivity index (χ0n) is 13.9. The number of amides is 1. The third kappa shape index (κ3) is 3.13. The van der Waals surface area contributed by atoms with E-state index in [0.29, 0.717) is 5.56 Å². The molecule has 1 aliphatic heterocycles. The Labute approximate surface area is 146 Å². The van der Waals surface area contributed by atoms with Crippen molar-refractivity contribution in [3.63, 3.8) is 0 Å². The predicted molar refractivity (Wildman–Crippen MR) is 96.3 cm³/mol. The Kier molecular flexibility index (Phi) is 4.67. The molecule has 2 aromatic rings. The molecule has 1 N–H and O–H groups in total. The highest BCUT2D eigenvalue weighted by molar-refractivity contribution is 7.13. The molecule has 5 nitrogen and oxygen atoms in total. The van der Waals surface area contributed by atoms with E-state index >= 15 is 0 Å². The average molecular weight is 344 g/mol. The van der Waals surface area contributed by atoms with E-state index in [1.807, 2.05) is 22.4 Å². The number of hydrogen-bond acceptors (Lipinski definition) is 4. The van der Waals surface area contributed by atoms with Gasteiger partial charge in [0.2, 0.25) is 0 Å². The third-order valence-electron chi connectivity index (χ3n) is 5.33. The van der Waals surface area contributed by atoms with Crippen molar-refractivity contribution in [1.29, 1.82) is 0 Å². The van der Waals surface area contributed by atoms with Crippen molar-refractivity contribution in [2.45, 2.75) is 38.1 Å². The molecule has 2 aliphatic rings. The van der Waals surface area contributed by atoms with Crippen LogP contribution in [0.1, 0.15) is 42.5 Å². The fourth-order valence-electron chi connectivity index (χ4n) is 3.96. The average Bonchev–Trinajstić information content (AvgIpc) is 3.33. The summed E-state index contributed by atoms with van der Waals surface area (Å²) in [6.07, 6.45) is 8.45. The second-order valence-electron chi connectivity index (χ2n) is 6.76. The van der Waals surface area contributed by atoms with Crippen LogP contribution in [0.4, 0.5) is 0 Å². The predicted octanol–water partition coefficient (Wildman–Crippen LogP) is 3.23. The van der Waals surface area contributed by atoms with Gasteiger partial charge >= 0.3 is 0 Å². The van der Waals surface area contributed by atoms with Gasteiger partial charge < -0.3 is 4.90 Å². The molecule has 1 aliphatic carbocycles. The van der Waals surface area contributed by atoms with Crippen LogP contribution in [0.15, 0.2) is 23.7 Å². The summed E-state index contributed by atoms with van der Waals surface area (Å²) in [5, 5.41) is 9.12. The molecule has 128 valence electrons. The number of rotatable bonds is 3. The lowest BCUT2D eigenvalue weighted by atomic mass is 9.94. The van der Waals surface area contributed by atoms with Crippen molar-refractivity contribution in [3.05, 3.63) is 29.3 Å². The first-order chi connectivity index (χ1) is 11.8. The maximum atomic E-state index is 12.9. The monoisotopic (exact) mass is 344 g/mol. The van der Waals surface area contributed by atoms with Crippen LogP contribution in [0.3, 0.4) is 0 Å². The highest BCUT2D eigenvalue weighted by Crippen LogP contribution is 2.28. The molecule has 0 radical (unpaired) electrons. The molecule has 3 heterocycles. The number of aromatic nitrogens is 2. The van der Waals surface area contributed by atoms with E-state index in [1.54, 1.807) is 17.5 Å². The van der Waals surface area contributed by atoms with Gasteiger partial charge in [-0.3, -0.25) is 14.8 Å².